The van der Waals surface area contributed by atoms with E-state index < -0.39 is 0 Å². The Morgan fingerprint density at radius 3 is 2.67 bits per heavy atom. The Morgan fingerprint density at radius 2 is 1.94 bits per heavy atom. The second-order valence-corrected chi connectivity index (χ2v) is 4.04. The Morgan fingerprint density at radius 1 is 1.22 bits per heavy atom. The number of anilines is 2. The van der Waals surface area contributed by atoms with Crippen LogP contribution >= 0.6 is 0 Å². The third kappa shape index (κ3) is 2.94. The van der Waals surface area contributed by atoms with Crippen LogP contribution in [0.5, 0.6) is 0 Å². The molecule has 0 radical (unpaired) electrons. The number of rotatable bonds is 4. The first kappa shape index (κ1) is 12.3. The van der Waals surface area contributed by atoms with E-state index in [-0.39, 0.29) is 5.82 Å². The van der Waals surface area contributed by atoms with E-state index in [4.69, 9.17) is 5.73 Å². The number of benzene rings is 1. The van der Waals surface area contributed by atoms with E-state index >= 15 is 0 Å². The number of hydrogen-bond acceptors (Lipinski definition) is 4. The fourth-order valence-corrected chi connectivity index (χ4v) is 1.62. The number of aromatic nitrogens is 2. The van der Waals surface area contributed by atoms with E-state index in [1.807, 2.05) is 6.92 Å². The molecular formula is C13H15FN4. The van der Waals surface area contributed by atoms with Crippen molar-refractivity contribution in [2.45, 2.75) is 13.3 Å². The minimum atomic E-state index is -0.217. The van der Waals surface area contributed by atoms with Crippen LogP contribution < -0.4 is 11.1 Å². The second kappa shape index (κ2) is 5.44. The molecule has 18 heavy (non-hydrogen) atoms. The van der Waals surface area contributed by atoms with Gasteiger partial charge in [0.2, 0.25) is 0 Å². The third-order valence-electron chi connectivity index (χ3n) is 2.74. The summed E-state index contributed by atoms with van der Waals surface area (Å²) in [5.74, 6) is 1.00. The molecule has 0 aliphatic heterocycles. The van der Waals surface area contributed by atoms with Crippen molar-refractivity contribution in [1.29, 1.82) is 0 Å². The first-order valence-corrected chi connectivity index (χ1v) is 5.72. The summed E-state index contributed by atoms with van der Waals surface area (Å²) in [5.41, 5.74) is 7.60. The van der Waals surface area contributed by atoms with Gasteiger partial charge in [-0.2, -0.15) is 0 Å². The minimum Gasteiger partial charge on any atom is -0.383 e. The van der Waals surface area contributed by atoms with Crippen molar-refractivity contribution < 1.29 is 4.39 Å². The molecule has 0 atom stereocenters. The van der Waals surface area contributed by atoms with Crippen LogP contribution in [0.3, 0.4) is 0 Å². The molecule has 1 aromatic heterocycles. The van der Waals surface area contributed by atoms with E-state index in [1.165, 1.54) is 18.5 Å². The van der Waals surface area contributed by atoms with Crippen LogP contribution in [-0.2, 0) is 6.42 Å². The summed E-state index contributed by atoms with van der Waals surface area (Å²) in [6.07, 6.45) is 2.23. The van der Waals surface area contributed by atoms with Gasteiger partial charge in [-0.15, -0.1) is 0 Å². The SMILES string of the molecule is Cc1c(N)ncnc1NCCc1ccc(F)cc1. The molecule has 2 rings (SSSR count). The predicted octanol–water partition coefficient (Wildman–Crippen LogP) is 2.16. The van der Waals surface area contributed by atoms with Crippen LogP contribution in [-0.4, -0.2) is 16.5 Å². The first-order chi connectivity index (χ1) is 8.66. The van der Waals surface area contributed by atoms with Gasteiger partial charge in [0.15, 0.2) is 0 Å². The van der Waals surface area contributed by atoms with Gasteiger partial charge in [0.05, 0.1) is 0 Å². The van der Waals surface area contributed by atoms with Crippen molar-refractivity contribution in [1.82, 2.24) is 9.97 Å². The summed E-state index contributed by atoms with van der Waals surface area (Å²) in [7, 11) is 0. The van der Waals surface area contributed by atoms with E-state index in [0.717, 1.165) is 23.4 Å². The first-order valence-electron chi connectivity index (χ1n) is 5.72. The van der Waals surface area contributed by atoms with Gasteiger partial charge in [-0.1, -0.05) is 12.1 Å². The van der Waals surface area contributed by atoms with Crippen LogP contribution in [0.4, 0.5) is 16.0 Å². The molecule has 0 saturated carbocycles. The van der Waals surface area contributed by atoms with Gasteiger partial charge in [0, 0.05) is 12.1 Å². The Balaban J connectivity index is 1.92. The van der Waals surface area contributed by atoms with Gasteiger partial charge in [0.1, 0.15) is 23.8 Å². The van der Waals surface area contributed by atoms with Gasteiger partial charge in [-0.25, -0.2) is 14.4 Å². The second-order valence-electron chi connectivity index (χ2n) is 4.04. The molecule has 94 valence electrons. The van der Waals surface area contributed by atoms with Gasteiger partial charge in [-0.05, 0) is 31.0 Å². The number of nitrogens with zero attached hydrogens (tertiary/aromatic N) is 2. The maximum absolute atomic E-state index is 12.7. The maximum atomic E-state index is 12.7. The zero-order chi connectivity index (χ0) is 13.0. The average molecular weight is 246 g/mol. The molecule has 5 heteroatoms. The number of hydrogen-bond donors (Lipinski definition) is 2. The smallest absolute Gasteiger partial charge is 0.134 e. The van der Waals surface area contributed by atoms with Gasteiger partial charge < -0.3 is 11.1 Å². The summed E-state index contributed by atoms with van der Waals surface area (Å²) in [4.78, 5) is 8.02. The van der Waals surface area contributed by atoms with Crippen LogP contribution in [0.2, 0.25) is 0 Å². The fraction of sp³-hybridized carbons (Fsp3) is 0.231. The van der Waals surface area contributed by atoms with Crippen LogP contribution in [0, 0.1) is 12.7 Å². The molecule has 0 fully saturated rings. The summed E-state index contributed by atoms with van der Waals surface area (Å²) < 4.78 is 12.7. The van der Waals surface area contributed by atoms with Crippen molar-refractivity contribution in [2.75, 3.05) is 17.6 Å². The largest absolute Gasteiger partial charge is 0.383 e. The van der Waals surface area contributed by atoms with Crippen LogP contribution in [0.1, 0.15) is 11.1 Å². The molecule has 3 N–H and O–H groups in total. The molecule has 0 spiro atoms. The predicted molar refractivity (Wildman–Crippen MR) is 69.8 cm³/mol. The van der Waals surface area contributed by atoms with E-state index in [2.05, 4.69) is 15.3 Å². The quantitative estimate of drug-likeness (QED) is 0.867. The maximum Gasteiger partial charge on any atom is 0.134 e. The highest BCUT2D eigenvalue weighted by Crippen LogP contribution is 2.14. The Labute approximate surface area is 105 Å². The number of nitrogens with two attached hydrogens (primary N) is 1. The summed E-state index contributed by atoms with van der Waals surface area (Å²) in [6.45, 7) is 2.58. The van der Waals surface area contributed by atoms with Gasteiger partial charge in [-0.3, -0.25) is 0 Å². The lowest BCUT2D eigenvalue weighted by Gasteiger charge is -2.09. The van der Waals surface area contributed by atoms with Gasteiger partial charge >= 0.3 is 0 Å². The van der Waals surface area contributed by atoms with Crippen molar-refractivity contribution >= 4 is 11.6 Å². The van der Waals surface area contributed by atoms with Crippen LogP contribution in [0.25, 0.3) is 0 Å². The molecule has 0 unspecified atom stereocenters. The third-order valence-corrected chi connectivity index (χ3v) is 2.74. The molecule has 0 amide bonds. The number of nitrogen functional groups attached to an aromatic ring is 1. The molecule has 1 heterocycles. The molecule has 4 nitrogen and oxygen atoms in total. The molecular weight excluding hydrogens is 231 g/mol. The Kier molecular flexibility index (Phi) is 3.72. The summed E-state index contributed by atoms with van der Waals surface area (Å²) in [5, 5.41) is 3.19. The van der Waals surface area contributed by atoms with Gasteiger partial charge in [0.25, 0.3) is 0 Å². The molecule has 0 aliphatic carbocycles. The van der Waals surface area contributed by atoms with Crippen molar-refractivity contribution in [3.63, 3.8) is 0 Å². The molecule has 1 aromatic carbocycles. The lowest BCUT2D eigenvalue weighted by atomic mass is 10.1. The summed E-state index contributed by atoms with van der Waals surface area (Å²) in [6, 6.07) is 6.48. The zero-order valence-corrected chi connectivity index (χ0v) is 10.2. The Bertz CT molecular complexity index is 525. The van der Waals surface area contributed by atoms with Crippen molar-refractivity contribution in [3.05, 3.63) is 47.5 Å². The van der Waals surface area contributed by atoms with E-state index in [9.17, 15) is 4.39 Å². The molecule has 2 aromatic rings. The highest BCUT2D eigenvalue weighted by atomic mass is 19.1. The highest BCUT2D eigenvalue weighted by Gasteiger charge is 2.03. The minimum absolute atomic E-state index is 0.217. The normalized spacial score (nSPS) is 10.3. The van der Waals surface area contributed by atoms with E-state index in [1.54, 1.807) is 12.1 Å². The topological polar surface area (TPSA) is 63.8 Å². The lowest BCUT2D eigenvalue weighted by Crippen LogP contribution is -2.09. The van der Waals surface area contributed by atoms with E-state index in [0.29, 0.717) is 12.4 Å². The monoisotopic (exact) mass is 246 g/mol. The molecule has 0 saturated heterocycles. The summed E-state index contributed by atoms with van der Waals surface area (Å²) >= 11 is 0. The fourth-order valence-electron chi connectivity index (χ4n) is 1.62. The Hall–Kier alpha value is -2.17. The average Bonchev–Trinajstić information content (AvgIpc) is 2.37. The highest BCUT2D eigenvalue weighted by molar-refractivity contribution is 5.53. The molecule has 0 bridgehead atoms. The number of halogens is 1. The standard InChI is InChI=1S/C13H15FN4/c1-9-12(15)17-8-18-13(9)16-7-6-10-2-4-11(14)5-3-10/h2-5,8H,6-7H2,1H3,(H3,15,16,17,18). The lowest BCUT2D eigenvalue weighted by molar-refractivity contribution is 0.627. The zero-order valence-electron chi connectivity index (χ0n) is 10.2. The molecule has 0 aliphatic rings. The van der Waals surface area contributed by atoms with Crippen molar-refractivity contribution in [2.24, 2.45) is 0 Å². The van der Waals surface area contributed by atoms with Crippen LogP contribution in [0.15, 0.2) is 30.6 Å². The van der Waals surface area contributed by atoms with Crippen molar-refractivity contribution in [3.8, 4) is 0 Å². The number of nitrogens with one attached hydrogen (secondary N) is 1.